The van der Waals surface area contributed by atoms with Gasteiger partial charge in [0.25, 0.3) is 0 Å². The number of aromatic nitrogens is 1. The first-order valence-corrected chi connectivity index (χ1v) is 15.8. The molecule has 0 unspecified atom stereocenters. The summed E-state index contributed by atoms with van der Waals surface area (Å²) in [5, 5.41) is 2.32. The Morgan fingerprint density at radius 3 is 1.96 bits per heavy atom. The molecular formula is C41H43BF2N2. The molecule has 0 atom stereocenters. The maximum Gasteiger partial charge on any atom is 0.677 e. The number of aliphatic imine (C=N–C) groups is 1. The number of aryl methyl sites for hydroxylation is 2. The molecule has 5 heteroatoms. The second-order valence-electron chi connectivity index (χ2n) is 13.3. The number of hydrogen-bond acceptors (Lipinski definition) is 1. The van der Waals surface area contributed by atoms with Crippen molar-refractivity contribution in [2.45, 2.75) is 60.8 Å². The predicted octanol–water partition coefficient (Wildman–Crippen LogP) is 11.5. The normalized spacial score (nSPS) is 13.3. The fraction of sp³-hybridized carbons (Fsp3) is 0.244. The minimum absolute atomic E-state index is 0.0313. The lowest BCUT2D eigenvalue weighted by Gasteiger charge is -2.21. The molecule has 2 nitrogen and oxygen atoms in total. The molecule has 0 aliphatic rings. The Kier molecular flexibility index (Phi) is 9.35. The zero-order chi connectivity index (χ0) is 33.3. The molecule has 5 aromatic rings. The first kappa shape index (κ1) is 32.9. The molecule has 5 rings (SSSR count). The van der Waals surface area contributed by atoms with E-state index in [1.165, 1.54) is 15.4 Å². The second kappa shape index (κ2) is 13.1. The van der Waals surface area contributed by atoms with E-state index >= 15 is 0 Å². The van der Waals surface area contributed by atoms with Gasteiger partial charge >= 0.3 is 7.40 Å². The lowest BCUT2D eigenvalue weighted by Crippen LogP contribution is -2.18. The van der Waals surface area contributed by atoms with Crippen LogP contribution in [0.4, 0.5) is 8.63 Å². The van der Waals surface area contributed by atoms with Crippen LogP contribution in [0.5, 0.6) is 0 Å². The highest BCUT2D eigenvalue weighted by molar-refractivity contribution is 6.41. The lowest BCUT2D eigenvalue weighted by molar-refractivity contribution is 0.590. The summed E-state index contributed by atoms with van der Waals surface area (Å²) in [4.78, 5) is 4.33. The van der Waals surface area contributed by atoms with Gasteiger partial charge < -0.3 is 4.48 Å². The van der Waals surface area contributed by atoms with Gasteiger partial charge in [0.1, 0.15) is 0 Å². The summed E-state index contributed by atoms with van der Waals surface area (Å²) < 4.78 is 30.7. The molecule has 0 fully saturated rings. The number of benzene rings is 4. The molecule has 1 aromatic heterocycles. The Balaban J connectivity index is 1.86. The van der Waals surface area contributed by atoms with Crippen molar-refractivity contribution in [2.75, 3.05) is 7.05 Å². The molecule has 0 aliphatic carbocycles. The average Bonchev–Trinajstić information content (AvgIpc) is 3.33. The number of allylic oxidation sites excluding steroid dienone is 3. The van der Waals surface area contributed by atoms with E-state index in [9.17, 15) is 8.63 Å². The van der Waals surface area contributed by atoms with Crippen LogP contribution < -0.4 is 0 Å². The van der Waals surface area contributed by atoms with Gasteiger partial charge in [0, 0.05) is 29.7 Å². The molecule has 0 aliphatic heterocycles. The average molecular weight is 613 g/mol. The summed E-state index contributed by atoms with van der Waals surface area (Å²) in [6.45, 7) is 16.3. The molecule has 0 spiro atoms. The summed E-state index contributed by atoms with van der Waals surface area (Å²) >= 11 is 0. The van der Waals surface area contributed by atoms with E-state index in [4.69, 9.17) is 0 Å². The van der Waals surface area contributed by atoms with Crippen LogP contribution in [0.15, 0.2) is 113 Å². The molecule has 46 heavy (non-hydrogen) atoms. The molecule has 1 heterocycles. The van der Waals surface area contributed by atoms with Gasteiger partial charge in [-0.25, -0.2) is 0 Å². The SMILES string of the molecule is CN=C(C)/C=C(C)\C(C)=C(/c1cc(-c2ccc(C(C)(C)C)cc2)cc(-c2ccc3ccccc3c2)c1)c1c(C)cc(C)n1B(F)F. The number of hydrogen-bond donors (Lipinski definition) is 0. The van der Waals surface area contributed by atoms with Crippen LogP contribution in [0.2, 0.25) is 0 Å². The number of fused-ring (bicyclic) bond motifs is 1. The Morgan fingerprint density at radius 2 is 1.35 bits per heavy atom. The van der Waals surface area contributed by atoms with Crippen molar-refractivity contribution in [1.29, 1.82) is 0 Å². The van der Waals surface area contributed by atoms with Crippen LogP contribution in [-0.4, -0.2) is 24.6 Å². The van der Waals surface area contributed by atoms with Gasteiger partial charge in [-0.3, -0.25) is 13.6 Å². The van der Waals surface area contributed by atoms with Crippen molar-refractivity contribution in [3.05, 3.63) is 136 Å². The Bertz CT molecular complexity index is 2000. The monoisotopic (exact) mass is 612 g/mol. The minimum atomic E-state index is -2.68. The number of halogens is 2. The van der Waals surface area contributed by atoms with Gasteiger partial charge in [-0.15, -0.1) is 0 Å². The van der Waals surface area contributed by atoms with Gasteiger partial charge in [0.2, 0.25) is 0 Å². The van der Waals surface area contributed by atoms with Crippen LogP contribution in [0.1, 0.15) is 69.6 Å². The molecule has 0 saturated carbocycles. The maximum atomic E-state index is 14.8. The Labute approximate surface area is 273 Å². The third-order valence-electron chi connectivity index (χ3n) is 8.99. The first-order chi connectivity index (χ1) is 21.8. The molecule has 0 radical (unpaired) electrons. The van der Waals surface area contributed by atoms with Crippen molar-refractivity contribution in [3.8, 4) is 22.3 Å². The quantitative estimate of drug-likeness (QED) is 0.0989. The minimum Gasteiger partial charge on any atom is -0.329 e. The molecular weight excluding hydrogens is 569 g/mol. The molecule has 0 saturated heterocycles. The molecule has 4 aromatic carbocycles. The summed E-state index contributed by atoms with van der Waals surface area (Å²) in [5.74, 6) is 0. The van der Waals surface area contributed by atoms with Crippen molar-refractivity contribution >= 4 is 29.5 Å². The van der Waals surface area contributed by atoms with Gasteiger partial charge in [0.15, 0.2) is 0 Å². The van der Waals surface area contributed by atoms with E-state index in [2.05, 4.69) is 105 Å². The Morgan fingerprint density at radius 1 is 0.739 bits per heavy atom. The van der Waals surface area contributed by atoms with Crippen LogP contribution in [0.25, 0.3) is 38.6 Å². The summed E-state index contributed by atoms with van der Waals surface area (Å²) in [6, 6.07) is 31.9. The van der Waals surface area contributed by atoms with Crippen molar-refractivity contribution < 1.29 is 8.63 Å². The van der Waals surface area contributed by atoms with Crippen LogP contribution in [0.3, 0.4) is 0 Å². The topological polar surface area (TPSA) is 17.3 Å². The highest BCUT2D eigenvalue weighted by atomic mass is 19.2. The van der Waals surface area contributed by atoms with E-state index in [0.717, 1.165) is 61.2 Å². The largest absolute Gasteiger partial charge is 0.677 e. The maximum absolute atomic E-state index is 14.8. The highest BCUT2D eigenvalue weighted by Gasteiger charge is 2.28. The zero-order valence-electron chi connectivity index (χ0n) is 28.5. The fourth-order valence-electron chi connectivity index (χ4n) is 6.24. The van der Waals surface area contributed by atoms with E-state index in [1.54, 1.807) is 14.0 Å². The third-order valence-corrected chi connectivity index (χ3v) is 8.99. The van der Waals surface area contributed by atoms with Gasteiger partial charge in [-0.05, 0) is 137 Å². The first-order valence-electron chi connectivity index (χ1n) is 15.8. The van der Waals surface area contributed by atoms with Crippen LogP contribution >= 0.6 is 0 Å². The smallest absolute Gasteiger partial charge is 0.329 e. The van der Waals surface area contributed by atoms with E-state index < -0.39 is 7.40 Å². The zero-order valence-corrected chi connectivity index (χ0v) is 28.5. The Hall–Kier alpha value is -4.51. The highest BCUT2D eigenvalue weighted by Crippen LogP contribution is 2.39. The third kappa shape index (κ3) is 6.70. The van der Waals surface area contributed by atoms with E-state index in [0.29, 0.717) is 11.4 Å². The van der Waals surface area contributed by atoms with E-state index in [-0.39, 0.29) is 5.41 Å². The lowest BCUT2D eigenvalue weighted by atomic mass is 9.85. The van der Waals surface area contributed by atoms with Crippen molar-refractivity contribution in [2.24, 2.45) is 4.99 Å². The fourth-order valence-corrected chi connectivity index (χ4v) is 6.24. The number of nitrogens with zero attached hydrogens (tertiary/aromatic N) is 2. The summed E-state index contributed by atoms with van der Waals surface area (Å²) in [7, 11) is -0.915. The van der Waals surface area contributed by atoms with Crippen molar-refractivity contribution in [3.63, 3.8) is 0 Å². The van der Waals surface area contributed by atoms with E-state index in [1.807, 2.05) is 45.9 Å². The second-order valence-corrected chi connectivity index (χ2v) is 13.3. The summed E-state index contributed by atoms with van der Waals surface area (Å²) in [5.41, 5.74) is 11.8. The molecule has 0 amide bonds. The van der Waals surface area contributed by atoms with Gasteiger partial charge in [-0.1, -0.05) is 81.4 Å². The molecule has 0 bridgehead atoms. The molecule has 0 N–H and O–H groups in total. The van der Waals surface area contributed by atoms with Crippen molar-refractivity contribution in [1.82, 2.24) is 4.48 Å². The summed E-state index contributed by atoms with van der Waals surface area (Å²) in [6.07, 6.45) is 2.02. The standard InChI is InChI=1S/C41H43BF2N2/c1-26(20-28(3)45-9)30(5)39(40-27(2)21-29(4)46(40)42(43)44)37-24-35(32-16-18-38(19-17-32)41(6,7)8)23-36(25-37)34-15-14-31-12-10-11-13-33(31)22-34/h10-25H,1-9H3/b26-20-,39-30+,45-28?. The van der Waals surface area contributed by atoms with Gasteiger partial charge in [-0.2, -0.15) is 0 Å². The van der Waals surface area contributed by atoms with Gasteiger partial charge in [0.05, 0.1) is 0 Å². The van der Waals surface area contributed by atoms with Crippen LogP contribution in [0, 0.1) is 13.8 Å². The van der Waals surface area contributed by atoms with Crippen LogP contribution in [-0.2, 0) is 5.41 Å². The predicted molar refractivity (Wildman–Crippen MR) is 195 cm³/mol. The number of rotatable bonds is 7. The molecule has 234 valence electrons.